The molecular formula is C23H30FN5O3. The van der Waals surface area contributed by atoms with Gasteiger partial charge in [0, 0.05) is 50.6 Å². The topological polar surface area (TPSA) is 91.6 Å². The molecule has 9 heteroatoms. The molecule has 0 radical (unpaired) electrons. The zero-order valence-electron chi connectivity index (χ0n) is 18.6. The Morgan fingerprint density at radius 1 is 1.28 bits per heavy atom. The number of carbonyl (C=O) groups excluding carboxylic acids is 2. The minimum Gasteiger partial charge on any atom is -0.339 e. The van der Waals surface area contributed by atoms with Crippen LogP contribution in [-0.2, 0) is 11.2 Å². The first-order valence-electron chi connectivity index (χ1n) is 11.3. The van der Waals surface area contributed by atoms with Gasteiger partial charge in [0.25, 0.3) is 0 Å². The molecule has 0 spiro atoms. The molecule has 4 rings (SSSR count). The number of aryl methyl sites for hydroxylation is 1. The maximum Gasteiger partial charge on any atom is 0.321 e. The predicted octanol–water partition coefficient (Wildman–Crippen LogP) is 3.87. The van der Waals surface area contributed by atoms with Gasteiger partial charge in [0.15, 0.2) is 5.82 Å². The Bertz CT molecular complexity index is 974. The van der Waals surface area contributed by atoms with Crippen LogP contribution in [0.1, 0.15) is 62.2 Å². The lowest BCUT2D eigenvalue weighted by atomic mass is 9.85. The number of urea groups is 1. The fourth-order valence-corrected chi connectivity index (χ4v) is 4.27. The second-order valence-electron chi connectivity index (χ2n) is 8.78. The van der Waals surface area contributed by atoms with E-state index < -0.39 is 0 Å². The highest BCUT2D eigenvalue weighted by molar-refractivity contribution is 5.89. The summed E-state index contributed by atoms with van der Waals surface area (Å²) in [5.74, 6) is 1.30. The van der Waals surface area contributed by atoms with E-state index in [1.807, 2.05) is 0 Å². The van der Waals surface area contributed by atoms with Crippen LogP contribution in [0, 0.1) is 12.7 Å². The van der Waals surface area contributed by atoms with Crippen molar-refractivity contribution in [2.24, 2.45) is 0 Å². The minimum atomic E-state index is -0.357. The number of amides is 3. The molecule has 2 heterocycles. The number of hydrogen-bond acceptors (Lipinski definition) is 5. The van der Waals surface area contributed by atoms with E-state index in [1.54, 1.807) is 35.8 Å². The van der Waals surface area contributed by atoms with Gasteiger partial charge in [-0.05, 0) is 50.3 Å². The standard InChI is InChI=1S/C23H30FN5O3/c1-15-8-9-18(13-20(15)24)25-23(31)28-11-4-7-19(14-28)29(16(2)30)12-10-21-26-22(32-27-21)17-5-3-6-17/h8-9,13,17,19H,3-7,10-12,14H2,1-2H3,(H,25,31). The molecule has 172 valence electrons. The molecular weight excluding hydrogens is 413 g/mol. The molecule has 1 saturated carbocycles. The number of hydrogen-bond donors (Lipinski definition) is 1. The van der Waals surface area contributed by atoms with Gasteiger partial charge in [-0.1, -0.05) is 17.6 Å². The molecule has 2 aliphatic rings. The number of benzene rings is 1. The van der Waals surface area contributed by atoms with Crippen LogP contribution in [-0.4, -0.2) is 57.6 Å². The average molecular weight is 444 g/mol. The number of nitrogens with one attached hydrogen (secondary N) is 1. The lowest BCUT2D eigenvalue weighted by Gasteiger charge is -2.39. The highest BCUT2D eigenvalue weighted by atomic mass is 19.1. The summed E-state index contributed by atoms with van der Waals surface area (Å²) < 4.78 is 19.2. The number of nitrogens with zero attached hydrogens (tertiary/aromatic N) is 4. The third-order valence-corrected chi connectivity index (χ3v) is 6.47. The monoisotopic (exact) mass is 443 g/mol. The van der Waals surface area contributed by atoms with Crippen molar-refractivity contribution in [3.63, 3.8) is 0 Å². The Hall–Kier alpha value is -2.97. The van der Waals surface area contributed by atoms with Crippen LogP contribution in [0.15, 0.2) is 22.7 Å². The van der Waals surface area contributed by atoms with Gasteiger partial charge in [-0.25, -0.2) is 9.18 Å². The third-order valence-electron chi connectivity index (χ3n) is 6.47. The van der Waals surface area contributed by atoms with Crippen molar-refractivity contribution < 1.29 is 18.5 Å². The van der Waals surface area contributed by atoms with Crippen LogP contribution in [0.4, 0.5) is 14.9 Å². The number of rotatable bonds is 6. The van der Waals surface area contributed by atoms with Crippen molar-refractivity contribution in [1.29, 1.82) is 0 Å². The van der Waals surface area contributed by atoms with Gasteiger partial charge in [0.05, 0.1) is 0 Å². The highest BCUT2D eigenvalue weighted by Gasteiger charge is 2.30. The van der Waals surface area contributed by atoms with Crippen LogP contribution in [0.5, 0.6) is 0 Å². The molecule has 1 N–H and O–H groups in total. The van der Waals surface area contributed by atoms with E-state index in [-0.39, 0.29) is 23.8 Å². The van der Waals surface area contributed by atoms with Crippen LogP contribution >= 0.6 is 0 Å². The normalized spacial score (nSPS) is 18.8. The Morgan fingerprint density at radius 3 is 2.78 bits per heavy atom. The minimum absolute atomic E-state index is 0.0411. The molecule has 32 heavy (non-hydrogen) atoms. The molecule has 2 aromatic rings. The Morgan fingerprint density at radius 2 is 2.09 bits per heavy atom. The Kier molecular flexibility index (Phi) is 6.72. The summed E-state index contributed by atoms with van der Waals surface area (Å²) in [6.07, 6.45) is 5.51. The molecule has 1 saturated heterocycles. The molecule has 1 aliphatic heterocycles. The molecule has 1 aliphatic carbocycles. The van der Waals surface area contributed by atoms with E-state index in [9.17, 15) is 14.0 Å². The smallest absolute Gasteiger partial charge is 0.321 e. The summed E-state index contributed by atoms with van der Waals surface area (Å²) in [7, 11) is 0. The molecule has 1 unspecified atom stereocenters. The lowest BCUT2D eigenvalue weighted by Crippen LogP contribution is -2.52. The molecule has 1 aromatic heterocycles. The van der Waals surface area contributed by atoms with E-state index in [0.29, 0.717) is 54.9 Å². The molecule has 2 fully saturated rings. The van der Waals surface area contributed by atoms with Crippen LogP contribution in [0.3, 0.4) is 0 Å². The molecule has 8 nitrogen and oxygen atoms in total. The van der Waals surface area contributed by atoms with Gasteiger partial charge >= 0.3 is 6.03 Å². The third kappa shape index (κ3) is 5.08. The first kappa shape index (κ1) is 22.2. The summed E-state index contributed by atoms with van der Waals surface area (Å²) in [6, 6.07) is 4.27. The summed E-state index contributed by atoms with van der Waals surface area (Å²) in [5, 5.41) is 6.83. The Labute approximate surface area is 187 Å². The second kappa shape index (κ2) is 9.67. The van der Waals surface area contributed by atoms with Crippen molar-refractivity contribution in [1.82, 2.24) is 19.9 Å². The highest BCUT2D eigenvalue weighted by Crippen LogP contribution is 2.35. The maximum atomic E-state index is 13.8. The van der Waals surface area contributed by atoms with Crippen molar-refractivity contribution in [3.05, 3.63) is 41.3 Å². The van der Waals surface area contributed by atoms with Crippen molar-refractivity contribution >= 4 is 17.6 Å². The largest absolute Gasteiger partial charge is 0.339 e. The van der Waals surface area contributed by atoms with E-state index >= 15 is 0 Å². The van der Waals surface area contributed by atoms with Crippen LogP contribution < -0.4 is 5.32 Å². The summed E-state index contributed by atoms with van der Waals surface area (Å²) in [4.78, 5) is 33.1. The van der Waals surface area contributed by atoms with Gasteiger partial charge in [0.2, 0.25) is 11.8 Å². The molecule has 1 aromatic carbocycles. The number of aromatic nitrogens is 2. The van der Waals surface area contributed by atoms with Gasteiger partial charge in [-0.2, -0.15) is 4.98 Å². The second-order valence-corrected chi connectivity index (χ2v) is 8.78. The fourth-order valence-electron chi connectivity index (χ4n) is 4.27. The van der Waals surface area contributed by atoms with E-state index in [1.165, 1.54) is 12.5 Å². The molecule has 0 bridgehead atoms. The van der Waals surface area contributed by atoms with Gasteiger partial charge in [-0.3, -0.25) is 4.79 Å². The van der Waals surface area contributed by atoms with Crippen molar-refractivity contribution in [3.8, 4) is 0 Å². The first-order chi connectivity index (χ1) is 15.4. The predicted molar refractivity (Wildman–Crippen MR) is 117 cm³/mol. The number of likely N-dealkylation sites (tertiary alicyclic amines) is 1. The molecule has 3 amide bonds. The van der Waals surface area contributed by atoms with Crippen LogP contribution in [0.25, 0.3) is 0 Å². The maximum absolute atomic E-state index is 13.8. The number of anilines is 1. The van der Waals surface area contributed by atoms with E-state index in [4.69, 9.17) is 4.52 Å². The first-order valence-corrected chi connectivity index (χ1v) is 11.3. The number of piperidine rings is 1. The SMILES string of the molecule is CC(=O)N(CCc1noc(C2CCC2)n1)C1CCCN(C(=O)Nc2ccc(C)c(F)c2)C1. The van der Waals surface area contributed by atoms with Gasteiger partial charge in [0.1, 0.15) is 5.82 Å². The summed E-state index contributed by atoms with van der Waals surface area (Å²) >= 11 is 0. The average Bonchev–Trinajstić information content (AvgIpc) is 3.17. The van der Waals surface area contributed by atoms with Crippen molar-refractivity contribution in [2.75, 3.05) is 25.0 Å². The van der Waals surface area contributed by atoms with E-state index in [0.717, 1.165) is 25.7 Å². The summed E-state index contributed by atoms with van der Waals surface area (Å²) in [6.45, 7) is 4.72. The Balaban J connectivity index is 1.34. The zero-order chi connectivity index (χ0) is 22.7. The van der Waals surface area contributed by atoms with E-state index in [2.05, 4.69) is 15.5 Å². The quantitative estimate of drug-likeness (QED) is 0.732. The fraction of sp³-hybridized carbons (Fsp3) is 0.565. The van der Waals surface area contributed by atoms with Crippen molar-refractivity contribution in [2.45, 2.75) is 64.3 Å². The summed E-state index contributed by atoms with van der Waals surface area (Å²) in [5.41, 5.74) is 0.947. The lowest BCUT2D eigenvalue weighted by molar-refractivity contribution is -0.132. The van der Waals surface area contributed by atoms with Gasteiger partial charge < -0.3 is 19.6 Å². The van der Waals surface area contributed by atoms with Crippen LogP contribution in [0.2, 0.25) is 0 Å². The number of halogens is 1. The molecule has 1 atom stereocenters. The van der Waals surface area contributed by atoms with Gasteiger partial charge in [-0.15, -0.1) is 0 Å². The zero-order valence-corrected chi connectivity index (χ0v) is 18.6. The number of carbonyl (C=O) groups is 2.